The van der Waals surface area contributed by atoms with Gasteiger partial charge in [0.1, 0.15) is 0 Å². The van der Waals surface area contributed by atoms with Crippen LogP contribution in [0.25, 0.3) is 0 Å². The molecule has 32 valence electrons. The van der Waals surface area contributed by atoms with Gasteiger partial charge in [0.05, 0.1) is 0 Å². The molecule has 0 radical (unpaired) electrons. The van der Waals surface area contributed by atoms with Gasteiger partial charge in [0.15, 0.2) is 0 Å². The third-order valence-electron chi connectivity index (χ3n) is 0. The molecule has 0 aromatic rings. The first-order chi connectivity index (χ1) is 1.73. The fraction of sp³-hybridized carbons (Fsp3) is 0.500. The molecule has 0 bridgehead atoms. The van der Waals surface area contributed by atoms with Gasteiger partial charge in [-0.05, 0) is 6.92 Å². The molecule has 0 atom stereocenters. The van der Waals surface area contributed by atoms with Gasteiger partial charge in [-0.25, -0.2) is 0 Å². The van der Waals surface area contributed by atoms with Crippen molar-refractivity contribution in [3.63, 3.8) is 0 Å². The van der Waals surface area contributed by atoms with Crippen LogP contribution in [0.3, 0.4) is 0 Å². The molecule has 0 aromatic heterocycles. The second-order valence-corrected chi connectivity index (χ2v) is 0.492. The second kappa shape index (κ2) is 16.0. The first-order valence-electron chi connectivity index (χ1n) is 0.908. The van der Waals surface area contributed by atoms with E-state index in [1.54, 1.807) is 0 Å². The summed E-state index contributed by atoms with van der Waals surface area (Å²) in [5, 5.41) is 8.89. The third-order valence-corrected chi connectivity index (χ3v) is 0. The largest absolute Gasteiger partial charge is 1.00 e. The van der Waals surface area contributed by atoms with Crippen LogP contribution in [0.15, 0.2) is 0 Å². The van der Waals surface area contributed by atoms with Gasteiger partial charge in [0, 0.05) is 5.97 Å². The summed E-state index contributed by atoms with van der Waals surface area (Å²) in [7, 11) is 0. The molecule has 0 N–H and O–H groups in total. The summed E-state index contributed by atoms with van der Waals surface area (Å²) in [4.78, 5) is 8.89. The number of rotatable bonds is 0. The fourth-order valence-electron chi connectivity index (χ4n) is 0. The molecule has 0 unspecified atom stereocenters. The Morgan fingerprint density at radius 1 is 1.43 bits per heavy atom. The Bertz CT molecular complexity index is 36.7. The van der Waals surface area contributed by atoms with Gasteiger partial charge < -0.3 is 14.6 Å². The van der Waals surface area contributed by atoms with Gasteiger partial charge in [-0.3, -0.25) is 0 Å². The molecule has 7 heavy (non-hydrogen) atoms. The van der Waals surface area contributed by atoms with Crippen LogP contribution >= 0.6 is 0 Å². The summed E-state index contributed by atoms with van der Waals surface area (Å²) in [5.41, 5.74) is 0. The minimum Gasteiger partial charge on any atom is -1.00 e. The van der Waals surface area contributed by atoms with Gasteiger partial charge in [0.25, 0.3) is 0 Å². The summed E-state index contributed by atoms with van der Waals surface area (Å²) in [6.07, 6.45) is 0. The first-order valence-corrected chi connectivity index (χ1v) is 0.908. The summed E-state index contributed by atoms with van der Waals surface area (Å²) >= 11 is 0. The topological polar surface area (TPSA) is 40.1 Å². The maximum absolute atomic E-state index is 8.89. The van der Waals surface area contributed by atoms with E-state index in [1.807, 2.05) is 0 Å². The van der Waals surface area contributed by atoms with Crippen molar-refractivity contribution in [2.45, 2.75) is 6.92 Å². The monoisotopic (exact) mass is 92.0 g/mol. The summed E-state index contributed by atoms with van der Waals surface area (Å²) < 4.78 is 0. The van der Waals surface area contributed by atoms with Crippen molar-refractivity contribution in [2.75, 3.05) is 0 Å². The molecule has 0 fully saturated rings. The van der Waals surface area contributed by atoms with Crippen molar-refractivity contribution < 1.29 is 52.3 Å². The number of carboxylic acid groups (broad SMARTS) is 1. The zero-order valence-electron chi connectivity index (χ0n) is 4.69. The molecule has 0 aliphatic rings. The van der Waals surface area contributed by atoms with Crippen LogP contribution in [0.5, 0.6) is 0 Å². The van der Waals surface area contributed by atoms with Crippen molar-refractivity contribution in [3.05, 3.63) is 0 Å². The molecule has 2 nitrogen and oxygen atoms in total. The zero-order valence-corrected chi connectivity index (χ0v) is 4.69. The molecule has 0 aliphatic carbocycles. The number of carbonyl (C=O) groups is 1. The van der Waals surface area contributed by atoms with Crippen LogP contribution in [0, 0.1) is 0 Å². The Morgan fingerprint density at radius 2 is 1.43 bits per heavy atom. The molecule has 0 spiro atoms. The van der Waals surface area contributed by atoms with E-state index < -0.39 is 5.97 Å². The van der Waals surface area contributed by atoms with Crippen LogP contribution in [-0.2, 0) is 4.79 Å². The molecule has 0 aromatic carbocycles. The van der Waals surface area contributed by atoms with E-state index in [0.29, 0.717) is 0 Å². The second-order valence-electron chi connectivity index (χ2n) is 0.492. The maximum atomic E-state index is 8.89. The maximum Gasteiger partial charge on any atom is 1.00 e. The number of hydrogen-bond donors (Lipinski definition) is 0. The zero-order chi connectivity index (χ0) is 3.58. The molecule has 0 saturated heterocycles. The summed E-state index contributed by atoms with van der Waals surface area (Å²) in [6, 6.07) is 0. The Hall–Kier alpha value is 0.595. The van der Waals surface area contributed by atoms with E-state index in [-0.39, 0.29) is 42.4 Å². The predicted molar refractivity (Wildman–Crippen MR) is 10.7 cm³/mol. The van der Waals surface area contributed by atoms with Gasteiger partial charge >= 0.3 is 37.7 Å². The third kappa shape index (κ3) is 394. The molecular weight excluding hydrogens is 88.9 g/mol. The number of hydrogen-bond acceptors (Lipinski definition) is 2. The first kappa shape index (κ1) is 25.6. The van der Waals surface area contributed by atoms with E-state index in [0.717, 1.165) is 6.92 Å². The molecule has 0 saturated carbocycles. The SMILES string of the molecule is CC(=O)[O-].[F-].[Li+].[Li+]. The van der Waals surface area contributed by atoms with E-state index >= 15 is 0 Å². The number of halogens is 1. The Labute approximate surface area is 65.4 Å². The van der Waals surface area contributed by atoms with Crippen LogP contribution in [0.4, 0.5) is 0 Å². The Balaban J connectivity index is -0.0000000150. The van der Waals surface area contributed by atoms with E-state index in [9.17, 15) is 0 Å². The van der Waals surface area contributed by atoms with E-state index in [2.05, 4.69) is 0 Å². The van der Waals surface area contributed by atoms with Crippen LogP contribution < -0.4 is 47.5 Å². The average molecular weight is 91.9 g/mol. The normalized spacial score (nSPS) is 3.57. The van der Waals surface area contributed by atoms with Gasteiger partial charge in [-0.15, -0.1) is 0 Å². The predicted octanol–water partition coefficient (Wildman–Crippen LogP) is -10.2. The smallest absolute Gasteiger partial charge is 1.00 e. The average Bonchev–Trinajstić information content (AvgIpc) is 0.811. The minimum absolute atomic E-state index is 0. The van der Waals surface area contributed by atoms with Gasteiger partial charge in [-0.2, -0.15) is 0 Å². The van der Waals surface area contributed by atoms with Crippen molar-refractivity contribution in [2.24, 2.45) is 0 Å². The van der Waals surface area contributed by atoms with Crippen molar-refractivity contribution >= 4 is 5.97 Å². The molecule has 0 rings (SSSR count). The van der Waals surface area contributed by atoms with Gasteiger partial charge in [0.2, 0.25) is 0 Å². The molecular formula is C2H3FLi2O2. The van der Waals surface area contributed by atoms with Crippen molar-refractivity contribution in [1.29, 1.82) is 0 Å². The minimum atomic E-state index is -1.08. The Kier molecular flexibility index (Phi) is 58.3. The standard InChI is InChI=1S/C2H4O2.FH.2Li/c1-2(3)4;;;/h1H3,(H,3,4);1H;;/q;;2*+1/p-2. The van der Waals surface area contributed by atoms with E-state index in [1.165, 1.54) is 0 Å². The van der Waals surface area contributed by atoms with Crippen molar-refractivity contribution in [1.82, 2.24) is 0 Å². The number of aliphatic carboxylic acids is 1. The molecule has 0 amide bonds. The Morgan fingerprint density at radius 3 is 1.43 bits per heavy atom. The molecule has 0 heterocycles. The van der Waals surface area contributed by atoms with E-state index in [4.69, 9.17) is 9.90 Å². The van der Waals surface area contributed by atoms with Crippen molar-refractivity contribution in [3.8, 4) is 0 Å². The molecule has 0 aliphatic heterocycles. The number of carboxylic acids is 1. The van der Waals surface area contributed by atoms with Crippen LogP contribution in [0.2, 0.25) is 0 Å². The van der Waals surface area contributed by atoms with Crippen LogP contribution in [-0.4, -0.2) is 5.97 Å². The fourth-order valence-corrected chi connectivity index (χ4v) is 0. The summed E-state index contributed by atoms with van der Waals surface area (Å²) in [6.45, 7) is 0.972. The van der Waals surface area contributed by atoms with Crippen LogP contribution in [0.1, 0.15) is 6.92 Å². The summed E-state index contributed by atoms with van der Waals surface area (Å²) in [5.74, 6) is -1.08. The quantitative estimate of drug-likeness (QED) is 0.278. The number of carbonyl (C=O) groups excluding carboxylic acids is 1. The molecule has 5 heteroatoms. The van der Waals surface area contributed by atoms with Gasteiger partial charge in [-0.1, -0.05) is 0 Å².